The number of nitro benzene ring substituents is 1. The summed E-state index contributed by atoms with van der Waals surface area (Å²) >= 11 is 0. The number of ether oxygens (including phenoxy) is 1. The Morgan fingerprint density at radius 3 is 2.56 bits per heavy atom. The highest BCUT2D eigenvalue weighted by Gasteiger charge is 2.43. The first kappa shape index (κ1) is 17.3. The number of fused-ring (bicyclic) bond motifs is 1. The Balaban J connectivity index is 2.06. The van der Waals surface area contributed by atoms with Gasteiger partial charge in [0.05, 0.1) is 23.2 Å². The Labute approximate surface area is 140 Å². The van der Waals surface area contributed by atoms with E-state index in [0.717, 1.165) is 18.9 Å². The highest BCUT2D eigenvalue weighted by molar-refractivity contribution is 5.98. The summed E-state index contributed by atoms with van der Waals surface area (Å²) in [7, 11) is 0. The minimum atomic E-state index is -5.14. The Hall–Kier alpha value is -2.52. The van der Waals surface area contributed by atoms with Gasteiger partial charge in [0.2, 0.25) is 0 Å². The van der Waals surface area contributed by atoms with Crippen molar-refractivity contribution in [3.05, 3.63) is 22.2 Å². The molecule has 0 radical (unpaired) electrons. The smallest absolute Gasteiger partial charge is 0.471 e. The molecule has 1 aromatic carbocycles. The van der Waals surface area contributed by atoms with Gasteiger partial charge >= 0.3 is 12.1 Å². The second-order valence-electron chi connectivity index (χ2n) is 6.77. The fourth-order valence-corrected chi connectivity index (χ4v) is 2.85. The highest BCUT2D eigenvalue weighted by Crippen LogP contribution is 2.47. The van der Waals surface area contributed by atoms with Crippen LogP contribution in [0.4, 0.5) is 30.2 Å². The van der Waals surface area contributed by atoms with Gasteiger partial charge in [0.25, 0.3) is 5.69 Å². The fourth-order valence-electron chi connectivity index (χ4n) is 2.85. The van der Waals surface area contributed by atoms with Crippen molar-refractivity contribution in [2.45, 2.75) is 44.5 Å². The number of anilines is 2. The van der Waals surface area contributed by atoms with Crippen LogP contribution in [0.2, 0.25) is 0 Å². The minimum absolute atomic E-state index is 0.217. The van der Waals surface area contributed by atoms with E-state index in [1.807, 2.05) is 18.7 Å². The van der Waals surface area contributed by atoms with E-state index in [4.69, 9.17) is 4.74 Å². The van der Waals surface area contributed by atoms with Crippen LogP contribution in [0.25, 0.3) is 0 Å². The number of nitrogens with zero attached hydrogens (tertiary/aromatic N) is 2. The predicted molar refractivity (Wildman–Crippen MR) is 82.9 cm³/mol. The number of nitrogens with one attached hydrogen (secondary N) is 1. The second kappa shape index (κ2) is 5.50. The summed E-state index contributed by atoms with van der Waals surface area (Å²) in [6.45, 7) is 4.15. The molecule has 1 aliphatic carbocycles. The monoisotopic (exact) mass is 359 g/mol. The van der Waals surface area contributed by atoms with Crippen molar-refractivity contribution in [2.75, 3.05) is 16.8 Å². The van der Waals surface area contributed by atoms with Gasteiger partial charge in [0.1, 0.15) is 11.3 Å². The number of carbonyl (C=O) groups is 1. The molecule has 1 aromatic rings. The van der Waals surface area contributed by atoms with Crippen molar-refractivity contribution in [1.82, 2.24) is 0 Å². The SMILES string of the molecule is CC1(C)CN(C2CC2)c2cc(NC(=O)C(F)(F)F)c([N+](=O)[O-])cc2O1. The second-order valence-corrected chi connectivity index (χ2v) is 6.77. The number of hydrogen-bond acceptors (Lipinski definition) is 5. The maximum Gasteiger partial charge on any atom is 0.471 e. The molecule has 3 rings (SSSR count). The third-order valence-electron chi connectivity index (χ3n) is 4.01. The molecule has 0 unspecified atom stereocenters. The summed E-state index contributed by atoms with van der Waals surface area (Å²) in [5.74, 6) is -2.04. The van der Waals surface area contributed by atoms with E-state index >= 15 is 0 Å². The molecule has 0 saturated heterocycles. The largest absolute Gasteiger partial charge is 0.484 e. The van der Waals surface area contributed by atoms with Crippen molar-refractivity contribution in [2.24, 2.45) is 0 Å². The van der Waals surface area contributed by atoms with Crippen LogP contribution in [-0.2, 0) is 4.79 Å². The van der Waals surface area contributed by atoms with E-state index in [1.165, 1.54) is 6.07 Å². The maximum absolute atomic E-state index is 12.5. The third-order valence-corrected chi connectivity index (χ3v) is 4.01. The zero-order valence-corrected chi connectivity index (χ0v) is 13.5. The summed E-state index contributed by atoms with van der Waals surface area (Å²) in [6, 6.07) is 2.47. The number of nitro groups is 1. The van der Waals surface area contributed by atoms with Gasteiger partial charge in [-0.3, -0.25) is 14.9 Å². The van der Waals surface area contributed by atoms with Crippen LogP contribution >= 0.6 is 0 Å². The molecule has 1 amide bonds. The van der Waals surface area contributed by atoms with Crippen LogP contribution in [0.5, 0.6) is 5.75 Å². The topological polar surface area (TPSA) is 84.7 Å². The molecule has 10 heteroatoms. The van der Waals surface area contributed by atoms with E-state index < -0.39 is 34.0 Å². The molecule has 2 aliphatic rings. The predicted octanol–water partition coefficient (Wildman–Crippen LogP) is 3.24. The van der Waals surface area contributed by atoms with Gasteiger partial charge in [-0.1, -0.05) is 0 Å². The zero-order valence-electron chi connectivity index (χ0n) is 13.5. The summed E-state index contributed by atoms with van der Waals surface area (Å²) in [5, 5.41) is 12.8. The van der Waals surface area contributed by atoms with Crippen molar-refractivity contribution in [3.63, 3.8) is 0 Å². The lowest BCUT2D eigenvalue weighted by Crippen LogP contribution is -2.47. The average Bonchev–Trinajstić information content (AvgIpc) is 3.28. The average molecular weight is 359 g/mol. The van der Waals surface area contributed by atoms with Crippen LogP contribution in [0, 0.1) is 10.1 Å². The summed E-state index contributed by atoms with van der Waals surface area (Å²) in [6.07, 6.45) is -3.29. The first-order valence-electron chi connectivity index (χ1n) is 7.64. The van der Waals surface area contributed by atoms with E-state index in [0.29, 0.717) is 12.2 Å². The number of hydrogen-bond donors (Lipinski definition) is 1. The van der Waals surface area contributed by atoms with Crippen LogP contribution in [0.3, 0.4) is 0 Å². The van der Waals surface area contributed by atoms with Gasteiger partial charge in [0.15, 0.2) is 5.75 Å². The maximum atomic E-state index is 12.5. The van der Waals surface area contributed by atoms with E-state index in [-0.39, 0.29) is 11.8 Å². The van der Waals surface area contributed by atoms with Crippen molar-refractivity contribution >= 4 is 23.0 Å². The molecule has 0 aromatic heterocycles. The number of carbonyl (C=O) groups excluding carboxylic acids is 1. The van der Waals surface area contributed by atoms with Gasteiger partial charge in [-0.2, -0.15) is 13.2 Å². The molecule has 136 valence electrons. The summed E-state index contributed by atoms with van der Waals surface area (Å²) in [5.41, 5.74) is -1.30. The molecule has 0 atom stereocenters. The molecular weight excluding hydrogens is 343 g/mol. The lowest BCUT2D eigenvalue weighted by atomic mass is 10.0. The molecule has 1 saturated carbocycles. The zero-order chi connectivity index (χ0) is 18.6. The third kappa shape index (κ3) is 3.47. The molecule has 25 heavy (non-hydrogen) atoms. The Kier molecular flexibility index (Phi) is 3.81. The number of halogens is 3. The van der Waals surface area contributed by atoms with E-state index in [9.17, 15) is 28.1 Å². The van der Waals surface area contributed by atoms with Crippen molar-refractivity contribution < 1.29 is 27.6 Å². The molecule has 0 spiro atoms. The Morgan fingerprint density at radius 2 is 2.04 bits per heavy atom. The summed E-state index contributed by atoms with van der Waals surface area (Å²) in [4.78, 5) is 23.6. The number of benzene rings is 1. The molecule has 1 aliphatic heterocycles. The molecule has 1 heterocycles. The molecule has 1 N–H and O–H groups in total. The molecule has 7 nitrogen and oxygen atoms in total. The van der Waals surface area contributed by atoms with Gasteiger partial charge in [0, 0.05) is 6.04 Å². The van der Waals surface area contributed by atoms with Gasteiger partial charge in [-0.05, 0) is 32.8 Å². The lowest BCUT2D eigenvalue weighted by molar-refractivity contribution is -0.384. The number of alkyl halides is 3. The summed E-state index contributed by atoms with van der Waals surface area (Å²) < 4.78 is 43.3. The first-order chi connectivity index (χ1) is 11.5. The van der Waals surface area contributed by atoms with Crippen LogP contribution in [0.1, 0.15) is 26.7 Å². The molecular formula is C15H16F3N3O4. The Morgan fingerprint density at radius 1 is 1.40 bits per heavy atom. The first-order valence-corrected chi connectivity index (χ1v) is 7.64. The molecule has 1 fully saturated rings. The van der Waals surface area contributed by atoms with Crippen LogP contribution in [-0.4, -0.2) is 35.2 Å². The van der Waals surface area contributed by atoms with Gasteiger partial charge in [-0.25, -0.2) is 0 Å². The van der Waals surface area contributed by atoms with Crippen molar-refractivity contribution in [3.8, 4) is 5.75 Å². The van der Waals surface area contributed by atoms with Crippen molar-refractivity contribution in [1.29, 1.82) is 0 Å². The number of rotatable bonds is 3. The fraction of sp³-hybridized carbons (Fsp3) is 0.533. The standard InChI is InChI=1S/C15H16F3N3O4/c1-14(2)7-20(8-3-4-8)11-5-9(19-13(22)15(16,17)18)10(21(23)24)6-12(11)25-14/h5-6,8H,3-4,7H2,1-2H3,(H,19,22). The lowest BCUT2D eigenvalue weighted by Gasteiger charge is -2.41. The Bertz CT molecular complexity index is 744. The normalized spacial score (nSPS) is 19.0. The molecule has 0 bridgehead atoms. The van der Waals surface area contributed by atoms with Crippen LogP contribution in [0.15, 0.2) is 12.1 Å². The minimum Gasteiger partial charge on any atom is -0.484 e. The quantitative estimate of drug-likeness (QED) is 0.662. The van der Waals surface area contributed by atoms with Gasteiger partial charge in [-0.15, -0.1) is 0 Å². The van der Waals surface area contributed by atoms with Gasteiger partial charge < -0.3 is 15.0 Å². The highest BCUT2D eigenvalue weighted by atomic mass is 19.4. The number of amides is 1. The van der Waals surface area contributed by atoms with E-state index in [1.54, 1.807) is 5.32 Å². The van der Waals surface area contributed by atoms with E-state index in [2.05, 4.69) is 0 Å². The van der Waals surface area contributed by atoms with Crippen LogP contribution < -0.4 is 15.0 Å².